The molecule has 0 aliphatic carbocycles. The molecule has 0 fully saturated rings. The number of aromatic nitrogens is 3. The van der Waals surface area contributed by atoms with Crippen LogP contribution in [0.25, 0.3) is 56.4 Å². The van der Waals surface area contributed by atoms with Gasteiger partial charge < -0.3 is 5.32 Å². The zero-order chi connectivity index (χ0) is 37.0. The van der Waals surface area contributed by atoms with Crippen LogP contribution in [0.3, 0.4) is 0 Å². The van der Waals surface area contributed by atoms with Crippen molar-refractivity contribution in [2.45, 2.75) is 12.3 Å². The van der Waals surface area contributed by atoms with Crippen molar-refractivity contribution in [3.63, 3.8) is 0 Å². The van der Waals surface area contributed by atoms with E-state index in [9.17, 15) is 4.39 Å². The van der Waals surface area contributed by atoms with Crippen LogP contribution in [0.5, 0.6) is 0 Å². The van der Waals surface area contributed by atoms with Gasteiger partial charge in [-0.2, -0.15) is 0 Å². The second kappa shape index (κ2) is 15.1. The van der Waals surface area contributed by atoms with E-state index in [0.29, 0.717) is 17.5 Å². The molecule has 0 saturated heterocycles. The molecule has 0 radical (unpaired) electrons. The minimum absolute atomic E-state index is 0.281. The van der Waals surface area contributed by atoms with Crippen LogP contribution in [0.15, 0.2) is 193 Å². The molecule has 2 unspecified atom stereocenters. The SMILES string of the molecule is Fc1ccc(-c2cc(-c3nc(-c4ccccc4)nc(-c4ccccc4)n3)ccc2-c2ccccc2C2NC(c3ccccc3)=NC(c3ccccc3)N2)cc1. The van der Waals surface area contributed by atoms with Gasteiger partial charge in [-0.3, -0.25) is 5.32 Å². The molecular weight excluding hydrogens is 680 g/mol. The van der Waals surface area contributed by atoms with Crippen LogP contribution in [-0.2, 0) is 0 Å². The van der Waals surface area contributed by atoms with Crippen molar-refractivity contribution >= 4 is 5.84 Å². The van der Waals surface area contributed by atoms with Crippen LogP contribution in [0.1, 0.15) is 29.0 Å². The van der Waals surface area contributed by atoms with E-state index in [1.54, 1.807) is 0 Å². The molecule has 2 atom stereocenters. The Bertz CT molecular complexity index is 2540. The van der Waals surface area contributed by atoms with Gasteiger partial charge in [-0.1, -0.05) is 170 Å². The summed E-state index contributed by atoms with van der Waals surface area (Å²) in [6.45, 7) is 0. The molecular formula is C48H35FN6. The van der Waals surface area contributed by atoms with Crippen molar-refractivity contribution in [3.05, 3.63) is 211 Å². The van der Waals surface area contributed by atoms with Gasteiger partial charge in [0.15, 0.2) is 17.5 Å². The van der Waals surface area contributed by atoms with Gasteiger partial charge in [-0.25, -0.2) is 24.3 Å². The van der Waals surface area contributed by atoms with Crippen molar-refractivity contribution in [1.82, 2.24) is 25.6 Å². The smallest absolute Gasteiger partial charge is 0.164 e. The molecule has 55 heavy (non-hydrogen) atoms. The first-order valence-electron chi connectivity index (χ1n) is 18.2. The number of amidine groups is 1. The molecule has 2 N–H and O–H groups in total. The van der Waals surface area contributed by atoms with Crippen molar-refractivity contribution in [1.29, 1.82) is 0 Å². The number of hydrogen-bond acceptors (Lipinski definition) is 6. The Morgan fingerprint density at radius 1 is 0.418 bits per heavy atom. The third-order valence-corrected chi connectivity index (χ3v) is 9.72. The molecule has 0 spiro atoms. The van der Waals surface area contributed by atoms with E-state index in [1.165, 1.54) is 12.1 Å². The highest BCUT2D eigenvalue weighted by atomic mass is 19.1. The number of nitrogens with zero attached hydrogens (tertiary/aromatic N) is 4. The van der Waals surface area contributed by atoms with Crippen LogP contribution in [0.2, 0.25) is 0 Å². The Hall–Kier alpha value is -7.09. The molecule has 2 heterocycles. The fourth-order valence-corrected chi connectivity index (χ4v) is 6.99. The number of hydrogen-bond donors (Lipinski definition) is 2. The Morgan fingerprint density at radius 2 is 0.927 bits per heavy atom. The van der Waals surface area contributed by atoms with Gasteiger partial charge in [0.05, 0.1) is 0 Å². The highest BCUT2D eigenvalue weighted by molar-refractivity contribution is 5.99. The summed E-state index contributed by atoms with van der Waals surface area (Å²) >= 11 is 0. The lowest BCUT2D eigenvalue weighted by Crippen LogP contribution is -2.45. The number of rotatable bonds is 8. The lowest BCUT2D eigenvalue weighted by atomic mass is 9.89. The van der Waals surface area contributed by atoms with Gasteiger partial charge in [-0.05, 0) is 51.6 Å². The van der Waals surface area contributed by atoms with E-state index in [4.69, 9.17) is 19.9 Å². The van der Waals surface area contributed by atoms with Crippen LogP contribution in [-0.4, -0.2) is 20.8 Å². The molecule has 7 heteroatoms. The number of halogens is 1. The summed E-state index contributed by atoms with van der Waals surface area (Å²) in [7, 11) is 0. The van der Waals surface area contributed by atoms with Crippen LogP contribution < -0.4 is 10.6 Å². The lowest BCUT2D eigenvalue weighted by Gasteiger charge is -2.33. The normalized spacial score (nSPS) is 15.2. The Morgan fingerprint density at radius 3 is 1.55 bits per heavy atom. The van der Waals surface area contributed by atoms with E-state index in [1.807, 2.05) is 109 Å². The number of benzene rings is 7. The predicted octanol–water partition coefficient (Wildman–Crippen LogP) is 10.7. The van der Waals surface area contributed by atoms with Gasteiger partial charge in [0.2, 0.25) is 0 Å². The standard InChI is InChI=1S/C48H35FN6/c49-38-28-25-32(26-29-38)42-31-37(47-52-43(33-15-5-1-6-16-33)50-44(53-47)34-17-7-2-8-18-34)27-30-40(42)39-23-13-14-24-41(39)48-54-45(35-19-9-3-10-20-35)51-46(55-48)36-21-11-4-12-22-36/h1-31,45,48,54H,(H,51,55). The first-order chi connectivity index (χ1) is 27.2. The third kappa shape index (κ3) is 7.17. The van der Waals surface area contributed by atoms with E-state index in [2.05, 4.69) is 77.4 Å². The number of nitrogens with one attached hydrogen (secondary N) is 2. The highest BCUT2D eigenvalue weighted by Gasteiger charge is 2.28. The maximum atomic E-state index is 14.4. The summed E-state index contributed by atoms with van der Waals surface area (Å²) in [6, 6.07) is 61.6. The molecule has 264 valence electrons. The molecule has 1 aromatic heterocycles. The Balaban J connectivity index is 1.18. The van der Waals surface area contributed by atoms with E-state index >= 15 is 0 Å². The van der Waals surface area contributed by atoms with Crippen LogP contribution >= 0.6 is 0 Å². The van der Waals surface area contributed by atoms with Gasteiger partial charge >= 0.3 is 0 Å². The van der Waals surface area contributed by atoms with Crippen molar-refractivity contribution in [2.75, 3.05) is 0 Å². The summed E-state index contributed by atoms with van der Waals surface area (Å²) < 4.78 is 14.4. The fraction of sp³-hybridized carbons (Fsp3) is 0.0417. The minimum Gasteiger partial charge on any atom is -0.350 e. The van der Waals surface area contributed by atoms with Crippen molar-refractivity contribution < 1.29 is 4.39 Å². The molecule has 1 aliphatic heterocycles. The molecule has 9 rings (SSSR count). The first-order valence-corrected chi connectivity index (χ1v) is 18.2. The van der Waals surface area contributed by atoms with E-state index in [-0.39, 0.29) is 18.1 Å². The monoisotopic (exact) mass is 714 g/mol. The minimum atomic E-state index is -0.297. The summed E-state index contributed by atoms with van der Waals surface area (Å²) in [4.78, 5) is 20.0. The lowest BCUT2D eigenvalue weighted by molar-refractivity contribution is 0.409. The second-order valence-electron chi connectivity index (χ2n) is 13.3. The summed E-state index contributed by atoms with van der Waals surface area (Å²) in [6.07, 6.45) is -0.573. The molecule has 0 bridgehead atoms. The van der Waals surface area contributed by atoms with E-state index < -0.39 is 0 Å². The quantitative estimate of drug-likeness (QED) is 0.164. The summed E-state index contributed by atoms with van der Waals surface area (Å²) in [5.41, 5.74) is 9.51. The van der Waals surface area contributed by atoms with Gasteiger partial charge in [0.25, 0.3) is 0 Å². The van der Waals surface area contributed by atoms with Crippen LogP contribution in [0, 0.1) is 5.82 Å². The largest absolute Gasteiger partial charge is 0.350 e. The van der Waals surface area contributed by atoms with Crippen molar-refractivity contribution in [3.8, 4) is 56.4 Å². The highest BCUT2D eigenvalue weighted by Crippen LogP contribution is 2.39. The molecule has 8 aromatic rings. The van der Waals surface area contributed by atoms with Crippen molar-refractivity contribution in [2.24, 2.45) is 4.99 Å². The topological polar surface area (TPSA) is 75.1 Å². The summed E-state index contributed by atoms with van der Waals surface area (Å²) in [5.74, 6) is 2.22. The molecule has 0 saturated carbocycles. The van der Waals surface area contributed by atoms with Gasteiger partial charge in [-0.15, -0.1) is 0 Å². The van der Waals surface area contributed by atoms with E-state index in [0.717, 1.165) is 61.5 Å². The Kier molecular flexibility index (Phi) is 9.26. The summed E-state index contributed by atoms with van der Waals surface area (Å²) in [5, 5.41) is 7.47. The average Bonchev–Trinajstić information content (AvgIpc) is 3.27. The maximum absolute atomic E-state index is 14.4. The zero-order valence-corrected chi connectivity index (χ0v) is 29.7. The van der Waals surface area contributed by atoms with Crippen LogP contribution in [0.4, 0.5) is 4.39 Å². The number of aliphatic imine (C=N–C) groups is 1. The van der Waals surface area contributed by atoms with Gasteiger partial charge in [0.1, 0.15) is 24.0 Å². The molecule has 0 amide bonds. The Labute approximate surface area is 319 Å². The zero-order valence-electron chi connectivity index (χ0n) is 29.7. The average molecular weight is 715 g/mol. The maximum Gasteiger partial charge on any atom is 0.164 e. The third-order valence-electron chi connectivity index (χ3n) is 9.72. The molecule has 6 nitrogen and oxygen atoms in total. The first kappa shape index (κ1) is 33.7. The predicted molar refractivity (Wildman–Crippen MR) is 218 cm³/mol. The van der Waals surface area contributed by atoms with Gasteiger partial charge in [0, 0.05) is 22.3 Å². The molecule has 1 aliphatic rings. The molecule has 7 aromatic carbocycles. The second-order valence-corrected chi connectivity index (χ2v) is 13.3. The fourth-order valence-electron chi connectivity index (χ4n) is 6.99.